The summed E-state index contributed by atoms with van der Waals surface area (Å²) in [6.45, 7) is 6.35. The molecular weight excluding hydrogens is 338 g/mol. The van der Waals surface area contributed by atoms with Gasteiger partial charge in [-0.15, -0.1) is 0 Å². The standard InChI is InChI=1S/C18H26ClN5O/c1-2-3-6-24-7-4-12(5-8-24)10-21-18(25)13-9-14(19)15(20)17-16(13)22-11-23-17/h9,11-12H,2-8,10,20H2,1H3,(H,21,25)(H,22,23). The highest BCUT2D eigenvalue weighted by atomic mass is 35.5. The van der Waals surface area contributed by atoms with Crippen molar-refractivity contribution in [2.45, 2.75) is 32.6 Å². The number of nitrogens with two attached hydrogens (primary N) is 1. The summed E-state index contributed by atoms with van der Waals surface area (Å²) in [4.78, 5) is 22.3. The molecule has 0 atom stereocenters. The van der Waals surface area contributed by atoms with E-state index < -0.39 is 0 Å². The Morgan fingerprint density at radius 1 is 1.48 bits per heavy atom. The van der Waals surface area contributed by atoms with Gasteiger partial charge in [-0.25, -0.2) is 4.98 Å². The van der Waals surface area contributed by atoms with E-state index in [1.165, 1.54) is 25.7 Å². The average Bonchev–Trinajstić information content (AvgIpc) is 3.12. The smallest absolute Gasteiger partial charge is 0.253 e. The van der Waals surface area contributed by atoms with Crippen LogP contribution in [0, 0.1) is 5.92 Å². The maximum absolute atomic E-state index is 12.6. The minimum absolute atomic E-state index is 0.146. The van der Waals surface area contributed by atoms with E-state index in [1.54, 1.807) is 6.07 Å². The zero-order chi connectivity index (χ0) is 17.8. The lowest BCUT2D eigenvalue weighted by Crippen LogP contribution is -2.39. The fourth-order valence-corrected chi connectivity index (χ4v) is 3.60. The van der Waals surface area contributed by atoms with E-state index in [0.717, 1.165) is 25.9 Å². The number of hydrogen-bond acceptors (Lipinski definition) is 4. The number of nitrogen functional groups attached to an aromatic ring is 1. The van der Waals surface area contributed by atoms with Gasteiger partial charge in [0.2, 0.25) is 0 Å². The third-order valence-corrected chi connectivity index (χ3v) is 5.34. The average molecular weight is 364 g/mol. The summed E-state index contributed by atoms with van der Waals surface area (Å²) in [6.07, 6.45) is 6.29. The van der Waals surface area contributed by atoms with Gasteiger partial charge in [0.05, 0.1) is 28.1 Å². The van der Waals surface area contributed by atoms with Crippen molar-refractivity contribution < 1.29 is 4.79 Å². The molecule has 7 heteroatoms. The predicted molar refractivity (Wildman–Crippen MR) is 102 cm³/mol. The number of fused-ring (bicyclic) bond motifs is 1. The number of aromatic nitrogens is 2. The van der Waals surface area contributed by atoms with Gasteiger partial charge in [0, 0.05) is 6.54 Å². The molecular formula is C18H26ClN5O. The Balaban J connectivity index is 1.57. The minimum atomic E-state index is -0.146. The van der Waals surface area contributed by atoms with Crippen LogP contribution in [-0.2, 0) is 0 Å². The molecule has 25 heavy (non-hydrogen) atoms. The zero-order valence-electron chi connectivity index (χ0n) is 14.6. The number of aromatic amines is 1. The lowest BCUT2D eigenvalue weighted by atomic mass is 9.96. The van der Waals surface area contributed by atoms with Gasteiger partial charge in [-0.1, -0.05) is 24.9 Å². The Labute approximate surface area is 153 Å². The van der Waals surface area contributed by atoms with E-state index in [0.29, 0.717) is 39.8 Å². The molecule has 1 amide bonds. The molecule has 0 aliphatic carbocycles. The van der Waals surface area contributed by atoms with E-state index in [-0.39, 0.29) is 5.91 Å². The van der Waals surface area contributed by atoms with Crippen LogP contribution in [0.25, 0.3) is 11.0 Å². The maximum atomic E-state index is 12.6. The fourth-order valence-electron chi connectivity index (χ4n) is 3.40. The lowest BCUT2D eigenvalue weighted by molar-refractivity contribution is 0.0937. The van der Waals surface area contributed by atoms with Crippen molar-refractivity contribution in [3.63, 3.8) is 0 Å². The molecule has 2 heterocycles. The molecule has 136 valence electrons. The number of hydrogen-bond donors (Lipinski definition) is 3. The number of likely N-dealkylation sites (tertiary alicyclic amines) is 1. The molecule has 0 unspecified atom stereocenters. The number of nitrogens with zero attached hydrogens (tertiary/aromatic N) is 2. The van der Waals surface area contributed by atoms with Crippen LogP contribution < -0.4 is 11.1 Å². The van der Waals surface area contributed by atoms with Gasteiger partial charge in [-0.05, 0) is 50.9 Å². The number of amides is 1. The predicted octanol–water partition coefficient (Wildman–Crippen LogP) is 3.04. The van der Waals surface area contributed by atoms with Gasteiger partial charge in [0.25, 0.3) is 5.91 Å². The molecule has 1 aliphatic rings. The van der Waals surface area contributed by atoms with E-state index in [4.69, 9.17) is 17.3 Å². The third kappa shape index (κ3) is 4.07. The monoisotopic (exact) mass is 363 g/mol. The molecule has 1 fully saturated rings. The molecule has 6 nitrogen and oxygen atoms in total. The van der Waals surface area contributed by atoms with Crippen LogP contribution in [-0.4, -0.2) is 47.0 Å². The highest BCUT2D eigenvalue weighted by Gasteiger charge is 2.21. The van der Waals surface area contributed by atoms with Crippen molar-refractivity contribution in [2.24, 2.45) is 5.92 Å². The molecule has 0 bridgehead atoms. The number of anilines is 1. The van der Waals surface area contributed by atoms with Crippen LogP contribution in [0.5, 0.6) is 0 Å². The van der Waals surface area contributed by atoms with Crippen molar-refractivity contribution in [2.75, 3.05) is 31.9 Å². The highest BCUT2D eigenvalue weighted by Crippen LogP contribution is 2.29. The van der Waals surface area contributed by atoms with Gasteiger partial charge in [-0.3, -0.25) is 4.79 Å². The molecule has 1 aromatic heterocycles. The highest BCUT2D eigenvalue weighted by molar-refractivity contribution is 6.35. The Hall–Kier alpha value is -1.79. The number of halogens is 1. The number of rotatable bonds is 6. The summed E-state index contributed by atoms with van der Waals surface area (Å²) < 4.78 is 0. The first-order chi connectivity index (χ1) is 12.1. The van der Waals surface area contributed by atoms with Crippen molar-refractivity contribution in [3.8, 4) is 0 Å². The summed E-state index contributed by atoms with van der Waals surface area (Å²) in [7, 11) is 0. The molecule has 1 saturated heterocycles. The van der Waals surface area contributed by atoms with Gasteiger partial charge in [0.15, 0.2) is 0 Å². The first kappa shape index (κ1) is 18.0. The first-order valence-electron chi connectivity index (χ1n) is 9.01. The second-order valence-corrected chi connectivity index (χ2v) is 7.20. The molecule has 1 aliphatic heterocycles. The number of piperidine rings is 1. The Kier molecular flexibility index (Phi) is 5.81. The molecule has 0 radical (unpaired) electrons. The second kappa shape index (κ2) is 8.06. The third-order valence-electron chi connectivity index (χ3n) is 5.02. The van der Waals surface area contributed by atoms with E-state index in [1.807, 2.05) is 0 Å². The normalized spacial score (nSPS) is 16.4. The second-order valence-electron chi connectivity index (χ2n) is 6.79. The van der Waals surface area contributed by atoms with Crippen molar-refractivity contribution in [1.82, 2.24) is 20.2 Å². The lowest BCUT2D eigenvalue weighted by Gasteiger charge is -2.31. The van der Waals surface area contributed by atoms with E-state index in [2.05, 4.69) is 27.1 Å². The van der Waals surface area contributed by atoms with Gasteiger partial charge in [-0.2, -0.15) is 0 Å². The number of unbranched alkanes of at least 4 members (excludes halogenated alkanes) is 1. The molecule has 3 rings (SSSR count). The van der Waals surface area contributed by atoms with Gasteiger partial charge < -0.3 is 20.9 Å². The summed E-state index contributed by atoms with van der Waals surface area (Å²) in [5.74, 6) is 0.383. The van der Waals surface area contributed by atoms with Crippen LogP contribution in [0.15, 0.2) is 12.4 Å². The van der Waals surface area contributed by atoms with Crippen LogP contribution in [0.4, 0.5) is 5.69 Å². The first-order valence-corrected chi connectivity index (χ1v) is 9.39. The SMILES string of the molecule is CCCCN1CCC(CNC(=O)c2cc(Cl)c(N)c3[nH]cnc23)CC1. The van der Waals surface area contributed by atoms with E-state index in [9.17, 15) is 4.79 Å². The number of imidazole rings is 1. The Morgan fingerprint density at radius 3 is 2.96 bits per heavy atom. The zero-order valence-corrected chi connectivity index (χ0v) is 15.4. The van der Waals surface area contributed by atoms with Crippen molar-refractivity contribution in [3.05, 3.63) is 23.0 Å². The van der Waals surface area contributed by atoms with Gasteiger partial charge in [0.1, 0.15) is 5.52 Å². The fraction of sp³-hybridized carbons (Fsp3) is 0.556. The molecule has 0 spiro atoms. The number of carbonyl (C=O) groups excluding carboxylic acids is 1. The van der Waals surface area contributed by atoms with Crippen LogP contribution >= 0.6 is 11.6 Å². The van der Waals surface area contributed by atoms with Crippen LogP contribution in [0.2, 0.25) is 5.02 Å². The van der Waals surface area contributed by atoms with Gasteiger partial charge >= 0.3 is 0 Å². The number of nitrogens with one attached hydrogen (secondary N) is 2. The number of carbonyl (C=O) groups is 1. The number of H-pyrrole nitrogens is 1. The van der Waals surface area contributed by atoms with E-state index >= 15 is 0 Å². The summed E-state index contributed by atoms with van der Waals surface area (Å²) in [5, 5.41) is 3.41. The molecule has 2 aromatic rings. The summed E-state index contributed by atoms with van der Waals surface area (Å²) in [5.41, 5.74) is 8.00. The quantitative estimate of drug-likeness (QED) is 0.688. The van der Waals surface area contributed by atoms with Crippen molar-refractivity contribution in [1.29, 1.82) is 0 Å². The Bertz CT molecular complexity index is 736. The summed E-state index contributed by atoms with van der Waals surface area (Å²) >= 11 is 6.14. The number of benzene rings is 1. The minimum Gasteiger partial charge on any atom is -0.396 e. The maximum Gasteiger partial charge on any atom is 0.253 e. The van der Waals surface area contributed by atoms with Crippen molar-refractivity contribution >= 4 is 34.2 Å². The van der Waals surface area contributed by atoms with Crippen LogP contribution in [0.1, 0.15) is 43.0 Å². The van der Waals surface area contributed by atoms with Crippen LogP contribution in [0.3, 0.4) is 0 Å². The molecule has 0 saturated carbocycles. The Morgan fingerprint density at radius 2 is 2.24 bits per heavy atom. The largest absolute Gasteiger partial charge is 0.396 e. The topological polar surface area (TPSA) is 87.0 Å². The molecule has 4 N–H and O–H groups in total. The molecule has 1 aromatic carbocycles. The summed E-state index contributed by atoms with van der Waals surface area (Å²) in [6, 6.07) is 1.60.